The van der Waals surface area contributed by atoms with E-state index in [1.54, 1.807) is 31.2 Å². The van der Waals surface area contributed by atoms with Crippen LogP contribution in [0.1, 0.15) is 21.7 Å². The van der Waals surface area contributed by atoms with Gasteiger partial charge in [-0.3, -0.25) is 4.79 Å². The minimum Gasteiger partial charge on any atom is -0.324 e. The van der Waals surface area contributed by atoms with Gasteiger partial charge in [0.1, 0.15) is 5.69 Å². The van der Waals surface area contributed by atoms with E-state index in [1.165, 1.54) is 6.07 Å². The summed E-state index contributed by atoms with van der Waals surface area (Å²) < 4.78 is 40.1. The molecule has 0 spiro atoms. The molecule has 3 rings (SSSR count). The van der Waals surface area contributed by atoms with Gasteiger partial charge in [-0.15, -0.1) is 0 Å². The molecule has 0 saturated carbocycles. The summed E-state index contributed by atoms with van der Waals surface area (Å²) in [7, 11) is 0. The summed E-state index contributed by atoms with van der Waals surface area (Å²) in [5.74, 6) is -5.31. The molecule has 140 valence electrons. The highest BCUT2D eigenvalue weighted by Gasteiger charge is 2.17. The molecule has 0 unspecified atom stereocenters. The Balaban J connectivity index is 1.85. The Bertz CT molecular complexity index is 1110. The maximum Gasteiger partial charge on any atom is 0.274 e. The minimum absolute atomic E-state index is 0.0750. The molecular formula is C19H12F3N5O. The average molecular weight is 383 g/mol. The maximum atomic E-state index is 13.8. The van der Waals surface area contributed by atoms with Gasteiger partial charge in [0, 0.05) is 11.4 Å². The fourth-order valence-corrected chi connectivity index (χ4v) is 2.35. The molecule has 0 aliphatic rings. The number of nitrogens with zero attached hydrogens (tertiary/aromatic N) is 3. The van der Waals surface area contributed by atoms with E-state index in [2.05, 4.69) is 20.6 Å². The van der Waals surface area contributed by atoms with E-state index in [-0.39, 0.29) is 11.6 Å². The zero-order chi connectivity index (χ0) is 20.3. The second kappa shape index (κ2) is 7.75. The molecule has 1 heterocycles. The van der Waals surface area contributed by atoms with Gasteiger partial charge in [-0.1, -0.05) is 6.07 Å². The molecule has 6 nitrogen and oxygen atoms in total. The van der Waals surface area contributed by atoms with Crippen molar-refractivity contribution in [3.8, 4) is 6.07 Å². The molecule has 0 fully saturated rings. The van der Waals surface area contributed by atoms with Gasteiger partial charge in [0.15, 0.2) is 17.5 Å². The molecule has 1 amide bonds. The van der Waals surface area contributed by atoms with Crippen LogP contribution in [0.25, 0.3) is 0 Å². The Kier molecular flexibility index (Phi) is 5.22. The SMILES string of the molecule is Cc1cc(C(=O)Nc2ccc(F)c(F)c2F)nc(Nc2cccc(C#N)c2)n1. The number of anilines is 3. The number of nitriles is 1. The van der Waals surface area contributed by atoms with Crippen LogP contribution in [0, 0.1) is 35.7 Å². The fraction of sp³-hybridized carbons (Fsp3) is 0.0526. The minimum atomic E-state index is -1.68. The van der Waals surface area contributed by atoms with E-state index in [0.717, 1.165) is 6.07 Å². The summed E-state index contributed by atoms with van der Waals surface area (Å²) >= 11 is 0. The smallest absolute Gasteiger partial charge is 0.274 e. The number of hydrogen-bond donors (Lipinski definition) is 2. The number of carbonyl (C=O) groups excluding carboxylic acids is 1. The Morgan fingerprint density at radius 2 is 1.86 bits per heavy atom. The van der Waals surface area contributed by atoms with Gasteiger partial charge >= 0.3 is 0 Å². The van der Waals surface area contributed by atoms with Crippen LogP contribution >= 0.6 is 0 Å². The maximum absolute atomic E-state index is 13.8. The molecule has 0 aliphatic carbocycles. The highest BCUT2D eigenvalue weighted by molar-refractivity contribution is 6.03. The Hall–Kier alpha value is -3.93. The van der Waals surface area contributed by atoms with E-state index in [4.69, 9.17) is 5.26 Å². The molecule has 2 aromatic carbocycles. The van der Waals surface area contributed by atoms with Crippen LogP contribution in [0.3, 0.4) is 0 Å². The van der Waals surface area contributed by atoms with E-state index in [0.29, 0.717) is 23.0 Å². The second-order valence-electron chi connectivity index (χ2n) is 5.71. The van der Waals surface area contributed by atoms with Crippen LogP contribution < -0.4 is 10.6 Å². The second-order valence-corrected chi connectivity index (χ2v) is 5.71. The van der Waals surface area contributed by atoms with Gasteiger partial charge in [-0.2, -0.15) is 5.26 Å². The largest absolute Gasteiger partial charge is 0.324 e. The summed E-state index contributed by atoms with van der Waals surface area (Å²) in [5, 5.41) is 14.0. The van der Waals surface area contributed by atoms with Gasteiger partial charge in [0.05, 0.1) is 17.3 Å². The van der Waals surface area contributed by atoms with Crippen LogP contribution in [0.5, 0.6) is 0 Å². The average Bonchev–Trinajstić information content (AvgIpc) is 2.68. The molecule has 3 aromatic rings. The summed E-state index contributed by atoms with van der Waals surface area (Å²) in [6.07, 6.45) is 0. The molecule has 0 aliphatic heterocycles. The monoisotopic (exact) mass is 383 g/mol. The van der Waals surface area contributed by atoms with Crippen molar-refractivity contribution >= 4 is 23.2 Å². The molecule has 0 bridgehead atoms. The number of carbonyl (C=O) groups is 1. The van der Waals surface area contributed by atoms with Crippen molar-refractivity contribution < 1.29 is 18.0 Å². The Labute approximate surface area is 157 Å². The number of benzene rings is 2. The van der Waals surface area contributed by atoms with Gasteiger partial charge in [0.2, 0.25) is 5.95 Å². The number of aryl methyl sites for hydroxylation is 1. The van der Waals surface area contributed by atoms with Crippen LogP contribution in [-0.4, -0.2) is 15.9 Å². The molecule has 0 atom stereocenters. The first-order valence-corrected chi connectivity index (χ1v) is 7.95. The van der Waals surface area contributed by atoms with E-state index < -0.39 is 29.0 Å². The van der Waals surface area contributed by atoms with Gasteiger partial charge in [-0.25, -0.2) is 23.1 Å². The van der Waals surface area contributed by atoms with E-state index in [9.17, 15) is 18.0 Å². The predicted molar refractivity (Wildman–Crippen MR) is 95.5 cm³/mol. The molecule has 0 radical (unpaired) electrons. The number of aromatic nitrogens is 2. The number of halogens is 3. The Morgan fingerprint density at radius 1 is 1.07 bits per heavy atom. The van der Waals surface area contributed by atoms with Gasteiger partial charge in [-0.05, 0) is 43.3 Å². The first-order valence-electron chi connectivity index (χ1n) is 7.95. The van der Waals surface area contributed by atoms with Crippen molar-refractivity contribution in [3.63, 3.8) is 0 Å². The highest BCUT2D eigenvalue weighted by Crippen LogP contribution is 2.21. The zero-order valence-corrected chi connectivity index (χ0v) is 14.4. The quantitative estimate of drug-likeness (QED) is 0.663. The molecule has 9 heteroatoms. The third kappa shape index (κ3) is 4.07. The number of amides is 1. The summed E-state index contributed by atoms with van der Waals surface area (Å²) in [6.45, 7) is 1.62. The number of nitrogens with one attached hydrogen (secondary N) is 2. The van der Waals surface area contributed by atoms with Crippen LogP contribution in [0.15, 0.2) is 42.5 Å². The van der Waals surface area contributed by atoms with E-state index >= 15 is 0 Å². The molecule has 0 saturated heterocycles. The lowest BCUT2D eigenvalue weighted by Crippen LogP contribution is -2.17. The van der Waals surface area contributed by atoms with Crippen molar-refractivity contribution in [1.29, 1.82) is 5.26 Å². The lowest BCUT2D eigenvalue weighted by atomic mass is 10.2. The third-order valence-corrected chi connectivity index (χ3v) is 3.62. The molecule has 1 aromatic heterocycles. The Morgan fingerprint density at radius 3 is 2.61 bits per heavy atom. The summed E-state index contributed by atoms with van der Waals surface area (Å²) in [4.78, 5) is 20.6. The van der Waals surface area contributed by atoms with Crippen molar-refractivity contribution in [2.24, 2.45) is 0 Å². The number of rotatable bonds is 4. The molecule has 28 heavy (non-hydrogen) atoms. The van der Waals surface area contributed by atoms with Crippen molar-refractivity contribution in [2.75, 3.05) is 10.6 Å². The fourth-order valence-electron chi connectivity index (χ4n) is 2.35. The first-order chi connectivity index (χ1) is 13.4. The van der Waals surface area contributed by atoms with Gasteiger partial charge in [0.25, 0.3) is 5.91 Å². The topological polar surface area (TPSA) is 90.7 Å². The molecular weight excluding hydrogens is 371 g/mol. The first kappa shape index (κ1) is 18.8. The van der Waals surface area contributed by atoms with Crippen molar-refractivity contribution in [1.82, 2.24) is 9.97 Å². The lowest BCUT2D eigenvalue weighted by Gasteiger charge is -2.10. The standard InChI is InChI=1S/C19H12F3N5O/c1-10-7-15(18(28)26-14-6-5-13(20)16(21)17(14)22)27-19(24-10)25-12-4-2-3-11(8-12)9-23/h2-8H,1H3,(H,26,28)(H,24,25,27). The van der Waals surface area contributed by atoms with Crippen molar-refractivity contribution in [2.45, 2.75) is 6.92 Å². The number of hydrogen-bond acceptors (Lipinski definition) is 5. The predicted octanol–water partition coefficient (Wildman–Crippen LogP) is 4.07. The van der Waals surface area contributed by atoms with E-state index in [1.807, 2.05) is 6.07 Å². The van der Waals surface area contributed by atoms with Crippen LogP contribution in [-0.2, 0) is 0 Å². The van der Waals surface area contributed by atoms with Gasteiger partial charge < -0.3 is 10.6 Å². The lowest BCUT2D eigenvalue weighted by molar-refractivity contribution is 0.102. The summed E-state index contributed by atoms with van der Waals surface area (Å²) in [5.41, 5.74) is 0.754. The summed E-state index contributed by atoms with van der Waals surface area (Å²) in [6, 6.07) is 11.5. The van der Waals surface area contributed by atoms with Crippen LogP contribution in [0.4, 0.5) is 30.5 Å². The zero-order valence-electron chi connectivity index (χ0n) is 14.4. The van der Waals surface area contributed by atoms with Crippen LogP contribution in [0.2, 0.25) is 0 Å². The normalized spacial score (nSPS) is 10.2. The van der Waals surface area contributed by atoms with Crippen molar-refractivity contribution in [3.05, 3.63) is 76.9 Å². The molecule has 2 N–H and O–H groups in total. The highest BCUT2D eigenvalue weighted by atomic mass is 19.2. The third-order valence-electron chi connectivity index (χ3n) is 3.62.